The Labute approximate surface area is 88.2 Å². The topological polar surface area (TPSA) is 59.4 Å². The minimum atomic E-state index is -1.03. The maximum absolute atomic E-state index is 10.8. The third-order valence-corrected chi connectivity index (χ3v) is 1.82. The SMILES string of the molecule is C=CCCCOc1ccncc1C(=O)O. The van der Waals surface area contributed by atoms with Crippen molar-refractivity contribution in [2.24, 2.45) is 0 Å². The summed E-state index contributed by atoms with van der Waals surface area (Å²) in [5.74, 6) is -0.664. The van der Waals surface area contributed by atoms with E-state index in [0.29, 0.717) is 12.4 Å². The van der Waals surface area contributed by atoms with E-state index in [-0.39, 0.29) is 5.56 Å². The van der Waals surface area contributed by atoms with E-state index in [1.54, 1.807) is 12.1 Å². The second-order valence-electron chi connectivity index (χ2n) is 2.96. The Morgan fingerprint density at radius 3 is 3.13 bits per heavy atom. The van der Waals surface area contributed by atoms with Crippen LogP contribution < -0.4 is 4.74 Å². The number of carbonyl (C=O) groups is 1. The van der Waals surface area contributed by atoms with Gasteiger partial charge in [-0.3, -0.25) is 4.98 Å². The number of allylic oxidation sites excluding steroid dienone is 1. The zero-order chi connectivity index (χ0) is 11.1. The lowest BCUT2D eigenvalue weighted by atomic mass is 10.2. The number of aromatic carboxylic acids is 1. The average molecular weight is 207 g/mol. The first-order valence-corrected chi connectivity index (χ1v) is 4.66. The number of hydrogen-bond acceptors (Lipinski definition) is 3. The second-order valence-corrected chi connectivity index (χ2v) is 2.96. The number of nitrogens with zero attached hydrogens (tertiary/aromatic N) is 1. The van der Waals surface area contributed by atoms with Crippen LogP contribution in [0.4, 0.5) is 0 Å². The molecule has 1 N–H and O–H groups in total. The van der Waals surface area contributed by atoms with Gasteiger partial charge in [0.05, 0.1) is 6.61 Å². The molecule has 0 unspecified atom stereocenters. The highest BCUT2D eigenvalue weighted by Gasteiger charge is 2.10. The number of carboxylic acid groups (broad SMARTS) is 1. The quantitative estimate of drug-likeness (QED) is 0.573. The van der Waals surface area contributed by atoms with Gasteiger partial charge in [-0.05, 0) is 18.9 Å². The van der Waals surface area contributed by atoms with Crippen molar-refractivity contribution in [3.8, 4) is 5.75 Å². The number of ether oxygens (including phenoxy) is 1. The van der Waals surface area contributed by atoms with Crippen LogP contribution in [-0.2, 0) is 0 Å². The molecule has 0 amide bonds. The van der Waals surface area contributed by atoms with Crippen molar-refractivity contribution < 1.29 is 14.6 Å². The molecule has 4 nitrogen and oxygen atoms in total. The fourth-order valence-corrected chi connectivity index (χ4v) is 1.08. The number of pyridine rings is 1. The molecular formula is C11H13NO3. The third kappa shape index (κ3) is 3.42. The number of hydrogen-bond donors (Lipinski definition) is 1. The smallest absolute Gasteiger partial charge is 0.341 e. The van der Waals surface area contributed by atoms with Gasteiger partial charge < -0.3 is 9.84 Å². The maximum Gasteiger partial charge on any atom is 0.341 e. The molecule has 0 radical (unpaired) electrons. The van der Waals surface area contributed by atoms with Gasteiger partial charge in [0.1, 0.15) is 11.3 Å². The van der Waals surface area contributed by atoms with Crippen LogP contribution in [0.2, 0.25) is 0 Å². The molecule has 1 aromatic rings. The summed E-state index contributed by atoms with van der Waals surface area (Å²) in [6.07, 6.45) is 6.27. The minimum Gasteiger partial charge on any atom is -0.493 e. The molecule has 15 heavy (non-hydrogen) atoms. The molecule has 1 heterocycles. The predicted molar refractivity (Wildman–Crippen MR) is 56.1 cm³/mol. The Kier molecular flexibility index (Phi) is 4.34. The van der Waals surface area contributed by atoms with Crippen molar-refractivity contribution in [1.29, 1.82) is 0 Å². The lowest BCUT2D eigenvalue weighted by Crippen LogP contribution is -2.04. The van der Waals surface area contributed by atoms with E-state index in [2.05, 4.69) is 11.6 Å². The molecule has 0 aliphatic heterocycles. The van der Waals surface area contributed by atoms with Crippen LogP contribution in [0.25, 0.3) is 0 Å². The summed E-state index contributed by atoms with van der Waals surface area (Å²) in [6, 6.07) is 1.55. The Morgan fingerprint density at radius 1 is 1.67 bits per heavy atom. The molecule has 0 atom stereocenters. The molecule has 0 saturated heterocycles. The number of rotatable bonds is 6. The van der Waals surface area contributed by atoms with Gasteiger partial charge in [-0.15, -0.1) is 6.58 Å². The Hall–Kier alpha value is -1.84. The number of carboxylic acids is 1. The first kappa shape index (κ1) is 11.2. The highest BCUT2D eigenvalue weighted by atomic mass is 16.5. The van der Waals surface area contributed by atoms with E-state index in [1.165, 1.54) is 12.4 Å². The van der Waals surface area contributed by atoms with Gasteiger partial charge in [0.15, 0.2) is 0 Å². The van der Waals surface area contributed by atoms with Crippen LogP contribution in [0.1, 0.15) is 23.2 Å². The van der Waals surface area contributed by atoms with Gasteiger partial charge in [0.2, 0.25) is 0 Å². The molecule has 1 rings (SSSR count). The van der Waals surface area contributed by atoms with Gasteiger partial charge in [-0.1, -0.05) is 6.08 Å². The van der Waals surface area contributed by atoms with Gasteiger partial charge >= 0.3 is 5.97 Å². The van der Waals surface area contributed by atoms with Crippen molar-refractivity contribution >= 4 is 5.97 Å². The summed E-state index contributed by atoms with van der Waals surface area (Å²) >= 11 is 0. The highest BCUT2D eigenvalue weighted by Crippen LogP contribution is 2.16. The Bertz CT molecular complexity index is 349. The zero-order valence-corrected chi connectivity index (χ0v) is 8.35. The van der Waals surface area contributed by atoms with Crippen LogP contribution in [0.15, 0.2) is 31.1 Å². The number of aromatic nitrogens is 1. The largest absolute Gasteiger partial charge is 0.493 e. The maximum atomic E-state index is 10.8. The molecule has 0 saturated carbocycles. The summed E-state index contributed by atoms with van der Waals surface area (Å²) in [7, 11) is 0. The molecule has 0 spiro atoms. The highest BCUT2D eigenvalue weighted by molar-refractivity contribution is 5.90. The second kappa shape index (κ2) is 5.80. The average Bonchev–Trinajstić information content (AvgIpc) is 2.25. The number of unbranched alkanes of at least 4 members (excludes halogenated alkanes) is 1. The molecule has 80 valence electrons. The monoisotopic (exact) mass is 207 g/mol. The molecule has 0 aliphatic rings. The molecular weight excluding hydrogens is 194 g/mol. The van der Waals surface area contributed by atoms with Crippen LogP contribution in [-0.4, -0.2) is 22.7 Å². The van der Waals surface area contributed by atoms with E-state index in [0.717, 1.165) is 12.8 Å². The van der Waals surface area contributed by atoms with Crippen molar-refractivity contribution in [2.45, 2.75) is 12.8 Å². The van der Waals surface area contributed by atoms with Crippen LogP contribution >= 0.6 is 0 Å². The molecule has 0 bridgehead atoms. The first-order valence-electron chi connectivity index (χ1n) is 4.66. The van der Waals surface area contributed by atoms with E-state index in [4.69, 9.17) is 9.84 Å². The van der Waals surface area contributed by atoms with E-state index < -0.39 is 5.97 Å². The van der Waals surface area contributed by atoms with Gasteiger partial charge in [0.25, 0.3) is 0 Å². The van der Waals surface area contributed by atoms with Crippen LogP contribution in [0.3, 0.4) is 0 Å². The molecule has 0 aromatic carbocycles. The Balaban J connectivity index is 2.59. The van der Waals surface area contributed by atoms with Gasteiger partial charge in [0, 0.05) is 12.4 Å². The standard InChI is InChI=1S/C11H13NO3/c1-2-3-4-7-15-10-5-6-12-8-9(10)11(13)14/h2,5-6,8H,1,3-4,7H2,(H,13,14). The fourth-order valence-electron chi connectivity index (χ4n) is 1.08. The lowest BCUT2D eigenvalue weighted by Gasteiger charge is -2.07. The van der Waals surface area contributed by atoms with Crippen molar-refractivity contribution in [3.63, 3.8) is 0 Å². The van der Waals surface area contributed by atoms with Gasteiger partial charge in [-0.2, -0.15) is 0 Å². The minimum absolute atomic E-state index is 0.0936. The van der Waals surface area contributed by atoms with Gasteiger partial charge in [-0.25, -0.2) is 4.79 Å². The van der Waals surface area contributed by atoms with E-state index in [9.17, 15) is 4.79 Å². The lowest BCUT2D eigenvalue weighted by molar-refractivity contribution is 0.0691. The van der Waals surface area contributed by atoms with E-state index >= 15 is 0 Å². The van der Waals surface area contributed by atoms with Crippen LogP contribution in [0.5, 0.6) is 5.75 Å². The zero-order valence-electron chi connectivity index (χ0n) is 8.35. The van der Waals surface area contributed by atoms with Crippen molar-refractivity contribution in [2.75, 3.05) is 6.61 Å². The molecule has 4 heteroatoms. The summed E-state index contributed by atoms with van der Waals surface area (Å²) < 4.78 is 5.33. The normalized spacial score (nSPS) is 9.60. The van der Waals surface area contributed by atoms with Crippen molar-refractivity contribution in [3.05, 3.63) is 36.7 Å². The molecule has 0 aliphatic carbocycles. The summed E-state index contributed by atoms with van der Waals surface area (Å²) in [5.41, 5.74) is 0.0936. The first-order chi connectivity index (χ1) is 7.25. The predicted octanol–water partition coefficient (Wildman–Crippen LogP) is 2.12. The van der Waals surface area contributed by atoms with Crippen LogP contribution in [0, 0.1) is 0 Å². The van der Waals surface area contributed by atoms with Crippen molar-refractivity contribution in [1.82, 2.24) is 4.98 Å². The summed E-state index contributed by atoms with van der Waals surface area (Å²) in [4.78, 5) is 14.5. The third-order valence-electron chi connectivity index (χ3n) is 1.82. The molecule has 0 fully saturated rings. The fraction of sp³-hybridized carbons (Fsp3) is 0.273. The summed E-state index contributed by atoms with van der Waals surface area (Å²) in [6.45, 7) is 4.07. The Morgan fingerprint density at radius 2 is 2.47 bits per heavy atom. The molecule has 1 aromatic heterocycles. The summed E-state index contributed by atoms with van der Waals surface area (Å²) in [5, 5.41) is 8.83. The van der Waals surface area contributed by atoms with E-state index in [1.807, 2.05) is 0 Å².